The minimum atomic E-state index is -0.689. The average molecular weight is 249 g/mol. The highest BCUT2D eigenvalue weighted by Crippen LogP contribution is 2.15. The largest absolute Gasteiger partial charge is 0.481 e. The van der Waals surface area contributed by atoms with E-state index in [0.29, 0.717) is 0 Å². The summed E-state index contributed by atoms with van der Waals surface area (Å²) in [5.74, 6) is 1.13. The lowest BCUT2D eigenvalue weighted by Crippen LogP contribution is -2.11. The van der Waals surface area contributed by atoms with E-state index in [9.17, 15) is 9.59 Å². The number of nitrogens with zero attached hydrogens (tertiary/aromatic N) is 1. The molecule has 1 aromatic rings. The number of aromatic nitrogens is 1. The van der Waals surface area contributed by atoms with Crippen molar-refractivity contribution >= 4 is 11.9 Å². The summed E-state index contributed by atoms with van der Waals surface area (Å²) in [4.78, 5) is 26.5. The van der Waals surface area contributed by atoms with Gasteiger partial charge in [-0.25, -0.2) is 14.6 Å². The average Bonchev–Trinajstić information content (AvgIpc) is 2.42. The number of methoxy groups -OCH3 is 2. The fourth-order valence-electron chi connectivity index (χ4n) is 1.13. The molecular formula is C12H11NO5. The van der Waals surface area contributed by atoms with Gasteiger partial charge in [0.05, 0.1) is 14.2 Å². The molecule has 1 heterocycles. The van der Waals surface area contributed by atoms with Gasteiger partial charge in [0.2, 0.25) is 0 Å². The molecule has 94 valence electrons. The Morgan fingerprint density at radius 1 is 1.22 bits per heavy atom. The molecule has 18 heavy (non-hydrogen) atoms. The number of carbonyl (C=O) groups excluding carboxylic acids is 2. The number of rotatable bonds is 4. The maximum absolute atomic E-state index is 11.4. The third-order valence-corrected chi connectivity index (χ3v) is 1.91. The van der Waals surface area contributed by atoms with Gasteiger partial charge in [0, 0.05) is 12.1 Å². The third-order valence-electron chi connectivity index (χ3n) is 1.91. The molecule has 0 atom stereocenters. The van der Waals surface area contributed by atoms with Gasteiger partial charge in [-0.3, -0.25) is 0 Å². The number of ether oxygens (including phenoxy) is 3. The van der Waals surface area contributed by atoms with E-state index in [1.165, 1.54) is 26.4 Å². The predicted octanol–water partition coefficient (Wildman–Crippen LogP) is 0.667. The Morgan fingerprint density at radius 2 is 1.72 bits per heavy atom. The van der Waals surface area contributed by atoms with Gasteiger partial charge in [-0.2, -0.15) is 0 Å². The van der Waals surface area contributed by atoms with E-state index in [2.05, 4.69) is 20.4 Å². The Bertz CT molecular complexity index is 469. The highest BCUT2D eigenvalue weighted by atomic mass is 16.5. The number of hydrogen-bond acceptors (Lipinski definition) is 6. The summed E-state index contributed by atoms with van der Waals surface area (Å²) in [6.07, 6.45) is 5.05. The van der Waals surface area contributed by atoms with Crippen LogP contribution in [0.15, 0.2) is 12.1 Å². The number of pyridine rings is 1. The van der Waals surface area contributed by atoms with Gasteiger partial charge < -0.3 is 14.2 Å². The molecular weight excluding hydrogens is 238 g/mol. The van der Waals surface area contributed by atoms with Crippen LogP contribution in [0.5, 0.6) is 5.75 Å². The summed E-state index contributed by atoms with van der Waals surface area (Å²) >= 11 is 0. The van der Waals surface area contributed by atoms with Crippen molar-refractivity contribution in [1.29, 1.82) is 0 Å². The Kier molecular flexibility index (Phi) is 4.69. The first kappa shape index (κ1) is 13.5. The van der Waals surface area contributed by atoms with E-state index >= 15 is 0 Å². The van der Waals surface area contributed by atoms with E-state index in [0.717, 1.165) is 0 Å². The molecule has 0 fully saturated rings. The summed E-state index contributed by atoms with van der Waals surface area (Å²) < 4.78 is 14.2. The van der Waals surface area contributed by atoms with Crippen LogP contribution in [-0.2, 0) is 9.47 Å². The lowest BCUT2D eigenvalue weighted by molar-refractivity contribution is 0.0585. The van der Waals surface area contributed by atoms with Crippen LogP contribution in [0.4, 0.5) is 0 Å². The molecule has 1 rings (SSSR count). The molecule has 0 aromatic carbocycles. The zero-order valence-electron chi connectivity index (χ0n) is 9.93. The number of carbonyl (C=O) groups is 2. The van der Waals surface area contributed by atoms with Crippen LogP contribution in [0.3, 0.4) is 0 Å². The molecule has 0 N–H and O–H groups in total. The van der Waals surface area contributed by atoms with E-state index in [-0.39, 0.29) is 23.7 Å². The van der Waals surface area contributed by atoms with Crippen molar-refractivity contribution in [1.82, 2.24) is 4.98 Å². The smallest absolute Gasteiger partial charge is 0.356 e. The molecule has 0 aliphatic heterocycles. The third kappa shape index (κ3) is 3.22. The van der Waals surface area contributed by atoms with E-state index < -0.39 is 11.9 Å². The molecule has 0 aliphatic carbocycles. The second-order valence-electron chi connectivity index (χ2n) is 3.05. The topological polar surface area (TPSA) is 74.7 Å². The van der Waals surface area contributed by atoms with E-state index in [1.54, 1.807) is 0 Å². The SMILES string of the molecule is C#CCOc1cc(C(=O)OC)nc(C(=O)OC)c1. The molecule has 0 bridgehead atoms. The predicted molar refractivity (Wildman–Crippen MR) is 61.2 cm³/mol. The summed E-state index contributed by atoms with van der Waals surface area (Å²) in [5.41, 5.74) is -0.125. The molecule has 6 heteroatoms. The molecule has 0 unspecified atom stereocenters. The quantitative estimate of drug-likeness (QED) is 0.576. The molecule has 1 aromatic heterocycles. The lowest BCUT2D eigenvalue weighted by atomic mass is 10.2. The van der Waals surface area contributed by atoms with Crippen molar-refractivity contribution in [3.05, 3.63) is 23.5 Å². The first-order valence-electron chi connectivity index (χ1n) is 4.87. The first-order valence-corrected chi connectivity index (χ1v) is 4.87. The summed E-state index contributed by atoms with van der Waals surface area (Å²) in [5, 5.41) is 0. The lowest BCUT2D eigenvalue weighted by Gasteiger charge is -2.07. The molecule has 0 radical (unpaired) electrons. The van der Waals surface area contributed by atoms with Crippen LogP contribution in [0.2, 0.25) is 0 Å². The maximum Gasteiger partial charge on any atom is 0.356 e. The van der Waals surface area contributed by atoms with Gasteiger partial charge in [-0.1, -0.05) is 5.92 Å². The van der Waals surface area contributed by atoms with Gasteiger partial charge in [-0.15, -0.1) is 6.42 Å². The maximum atomic E-state index is 11.4. The second kappa shape index (κ2) is 6.25. The fourth-order valence-corrected chi connectivity index (χ4v) is 1.13. The molecule has 6 nitrogen and oxygen atoms in total. The van der Waals surface area contributed by atoms with Crippen molar-refractivity contribution in [3.63, 3.8) is 0 Å². The van der Waals surface area contributed by atoms with Crippen LogP contribution in [-0.4, -0.2) is 37.7 Å². The molecule has 0 saturated carbocycles. The van der Waals surface area contributed by atoms with Gasteiger partial charge in [-0.05, 0) is 0 Å². The van der Waals surface area contributed by atoms with Gasteiger partial charge in [0.15, 0.2) is 11.4 Å². The number of terminal acetylenes is 1. The Balaban J connectivity index is 3.16. The van der Waals surface area contributed by atoms with Crippen molar-refractivity contribution < 1.29 is 23.8 Å². The highest BCUT2D eigenvalue weighted by Gasteiger charge is 2.16. The van der Waals surface area contributed by atoms with Crippen LogP contribution in [0, 0.1) is 12.3 Å². The Labute approximate surface area is 104 Å². The zero-order valence-corrected chi connectivity index (χ0v) is 9.93. The summed E-state index contributed by atoms with van der Waals surface area (Å²) in [6, 6.07) is 2.66. The number of hydrogen-bond donors (Lipinski definition) is 0. The van der Waals surface area contributed by atoms with Crippen molar-refractivity contribution in [3.8, 4) is 18.1 Å². The molecule has 0 aliphatic rings. The van der Waals surface area contributed by atoms with Crippen LogP contribution in [0.25, 0.3) is 0 Å². The fraction of sp³-hybridized carbons (Fsp3) is 0.250. The Morgan fingerprint density at radius 3 is 2.11 bits per heavy atom. The van der Waals surface area contributed by atoms with Crippen molar-refractivity contribution in [2.45, 2.75) is 0 Å². The van der Waals surface area contributed by atoms with E-state index in [1.807, 2.05) is 0 Å². The van der Waals surface area contributed by atoms with Crippen molar-refractivity contribution in [2.75, 3.05) is 20.8 Å². The minimum absolute atomic E-state index is 0.00520. The van der Waals surface area contributed by atoms with Crippen LogP contribution >= 0.6 is 0 Å². The minimum Gasteiger partial charge on any atom is -0.481 e. The first-order chi connectivity index (χ1) is 8.62. The standard InChI is InChI=1S/C12H11NO5/c1-4-5-18-8-6-9(11(14)16-2)13-10(7-8)12(15)17-3/h1,6-7H,5H2,2-3H3. The van der Waals surface area contributed by atoms with E-state index in [4.69, 9.17) is 11.2 Å². The van der Waals surface area contributed by atoms with Gasteiger partial charge in [0.1, 0.15) is 12.4 Å². The van der Waals surface area contributed by atoms with Crippen LogP contribution < -0.4 is 4.74 Å². The summed E-state index contributed by atoms with van der Waals surface area (Å²) in [7, 11) is 2.41. The molecule has 0 saturated heterocycles. The van der Waals surface area contributed by atoms with Gasteiger partial charge in [0.25, 0.3) is 0 Å². The zero-order chi connectivity index (χ0) is 13.5. The number of esters is 2. The molecule has 0 spiro atoms. The van der Waals surface area contributed by atoms with Gasteiger partial charge >= 0.3 is 11.9 Å². The highest BCUT2D eigenvalue weighted by molar-refractivity contribution is 5.92. The van der Waals surface area contributed by atoms with Crippen molar-refractivity contribution in [2.24, 2.45) is 0 Å². The second-order valence-corrected chi connectivity index (χ2v) is 3.05. The monoisotopic (exact) mass is 249 g/mol. The Hall–Kier alpha value is -2.55. The van der Waals surface area contributed by atoms with Crippen LogP contribution in [0.1, 0.15) is 21.0 Å². The summed E-state index contributed by atoms with van der Waals surface area (Å²) in [6.45, 7) is 0.00520. The molecule has 0 amide bonds. The normalized spacial score (nSPS) is 9.17.